The molecule has 5 rings (SSSR count). The van der Waals surface area contributed by atoms with E-state index in [1.54, 1.807) is 19.1 Å². The van der Waals surface area contributed by atoms with E-state index in [0.717, 1.165) is 49.5 Å². The smallest absolute Gasteiger partial charge is 0.270 e. The zero-order valence-electron chi connectivity index (χ0n) is 19.9. The van der Waals surface area contributed by atoms with Crippen LogP contribution in [0.2, 0.25) is 0 Å². The van der Waals surface area contributed by atoms with E-state index in [-0.39, 0.29) is 28.7 Å². The molecule has 3 aromatic rings. The van der Waals surface area contributed by atoms with Crippen molar-refractivity contribution in [2.75, 3.05) is 44.3 Å². The van der Waals surface area contributed by atoms with Gasteiger partial charge in [-0.2, -0.15) is 0 Å². The van der Waals surface area contributed by atoms with Crippen LogP contribution in [0, 0.1) is 19.7 Å². The molecule has 2 aliphatic heterocycles. The molecule has 0 saturated carbocycles. The lowest BCUT2D eigenvalue weighted by Crippen LogP contribution is -2.46. The second-order valence-electron chi connectivity index (χ2n) is 9.22. The molecular formula is C25H29FN6O3. The number of piperazine rings is 1. The van der Waals surface area contributed by atoms with Gasteiger partial charge in [0.15, 0.2) is 5.82 Å². The molecule has 1 atom stereocenters. The van der Waals surface area contributed by atoms with E-state index < -0.39 is 5.82 Å². The topological polar surface area (TPSA) is 103 Å². The number of aromatic nitrogens is 3. The maximum absolute atomic E-state index is 14.6. The van der Waals surface area contributed by atoms with E-state index >= 15 is 0 Å². The van der Waals surface area contributed by atoms with Crippen molar-refractivity contribution in [3.8, 4) is 0 Å². The predicted octanol–water partition coefficient (Wildman–Crippen LogP) is 1.91. The molecule has 2 aliphatic rings. The molecule has 0 radical (unpaired) electrons. The molecule has 2 fully saturated rings. The average molecular weight is 481 g/mol. The summed E-state index contributed by atoms with van der Waals surface area (Å²) < 4.78 is 19.9. The largest absolute Gasteiger partial charge is 0.379 e. The molecule has 35 heavy (non-hydrogen) atoms. The number of H-pyrrole nitrogens is 1. The summed E-state index contributed by atoms with van der Waals surface area (Å²) in [5, 5.41) is 2.97. The fourth-order valence-corrected chi connectivity index (χ4v) is 4.71. The number of rotatable bonds is 5. The van der Waals surface area contributed by atoms with E-state index in [1.165, 1.54) is 6.07 Å². The molecule has 10 heteroatoms. The monoisotopic (exact) mass is 480 g/mol. The normalized spacial score (nSPS) is 18.8. The predicted molar refractivity (Wildman–Crippen MR) is 130 cm³/mol. The highest BCUT2D eigenvalue weighted by Gasteiger charge is 2.22. The van der Waals surface area contributed by atoms with Gasteiger partial charge >= 0.3 is 0 Å². The number of nitrogens with zero attached hydrogens (tertiary/aromatic N) is 4. The van der Waals surface area contributed by atoms with Crippen molar-refractivity contribution in [2.45, 2.75) is 32.9 Å². The lowest BCUT2D eigenvalue weighted by Gasteiger charge is -2.36. The number of carbonyl (C=O) groups excluding carboxylic acids is 1. The third-order valence-corrected chi connectivity index (χ3v) is 6.65. The molecule has 2 saturated heterocycles. The number of amides is 1. The van der Waals surface area contributed by atoms with E-state index in [9.17, 15) is 14.0 Å². The molecule has 4 heterocycles. The van der Waals surface area contributed by atoms with Gasteiger partial charge in [-0.25, -0.2) is 14.4 Å². The highest BCUT2D eigenvalue weighted by molar-refractivity contribution is 5.92. The lowest BCUT2D eigenvalue weighted by atomic mass is 10.1. The van der Waals surface area contributed by atoms with E-state index in [2.05, 4.69) is 30.1 Å². The summed E-state index contributed by atoms with van der Waals surface area (Å²) in [6, 6.07) is 7.08. The molecule has 9 nitrogen and oxygen atoms in total. The van der Waals surface area contributed by atoms with Gasteiger partial charge in [-0.15, -0.1) is 0 Å². The lowest BCUT2D eigenvalue weighted by molar-refractivity contribution is 0.0924. The maximum Gasteiger partial charge on any atom is 0.270 e. The van der Waals surface area contributed by atoms with Crippen LogP contribution in [0.25, 0.3) is 11.0 Å². The number of ether oxygens (including phenoxy) is 1. The Morgan fingerprint density at radius 2 is 1.97 bits per heavy atom. The molecule has 1 aromatic carbocycles. The number of fused-ring (bicyclic) bond motifs is 1. The number of carbonyl (C=O) groups is 1. The molecule has 2 N–H and O–H groups in total. The van der Waals surface area contributed by atoms with Crippen LogP contribution in [0.3, 0.4) is 0 Å². The summed E-state index contributed by atoms with van der Waals surface area (Å²) in [6.45, 7) is 8.47. The summed E-state index contributed by atoms with van der Waals surface area (Å²) >= 11 is 0. The van der Waals surface area contributed by atoms with Gasteiger partial charge in [0.1, 0.15) is 16.9 Å². The van der Waals surface area contributed by atoms with Gasteiger partial charge < -0.3 is 19.9 Å². The molecule has 0 bridgehead atoms. The number of hydrogen-bond donors (Lipinski definition) is 2. The highest BCUT2D eigenvalue weighted by Crippen LogP contribution is 2.22. The third-order valence-electron chi connectivity index (χ3n) is 6.65. The maximum atomic E-state index is 14.6. The summed E-state index contributed by atoms with van der Waals surface area (Å²) in [5.41, 5.74) is 3.60. The minimum atomic E-state index is -0.429. The average Bonchev–Trinajstić information content (AvgIpc) is 3.34. The van der Waals surface area contributed by atoms with Crippen molar-refractivity contribution in [3.05, 3.63) is 63.1 Å². The number of aryl methyl sites for hydroxylation is 2. The third kappa shape index (κ3) is 5.03. The number of aromatic amines is 1. The standard InChI is InChI=1S/C25H29FN6O3/c1-15-22(4-3-20(27-15)25(34)29-18-5-10-35-14-18)32-8-6-31(7-9-32)13-17-11-19(26)23-21(12-17)30-24(33)16(2)28-23/h3-4,11-12,18H,5-10,13-14H2,1-2H3,(H,29,34)(H,30,33). The Hall–Kier alpha value is -3.37. The van der Waals surface area contributed by atoms with Gasteiger partial charge in [0.2, 0.25) is 0 Å². The van der Waals surface area contributed by atoms with Crippen LogP contribution in [0.4, 0.5) is 10.1 Å². The fourth-order valence-electron chi connectivity index (χ4n) is 4.71. The SMILES string of the molecule is Cc1nc(C(=O)NC2CCOC2)ccc1N1CCN(Cc2cc(F)c3nc(C)c(=O)[nH]c3c2)CC1. The van der Waals surface area contributed by atoms with Crippen molar-refractivity contribution >= 4 is 22.6 Å². The van der Waals surface area contributed by atoms with Crippen LogP contribution in [0.5, 0.6) is 0 Å². The van der Waals surface area contributed by atoms with Gasteiger partial charge in [-0.3, -0.25) is 14.5 Å². The van der Waals surface area contributed by atoms with Crippen LogP contribution in [-0.2, 0) is 11.3 Å². The van der Waals surface area contributed by atoms with Gasteiger partial charge in [-0.1, -0.05) is 0 Å². The van der Waals surface area contributed by atoms with Crippen molar-refractivity contribution in [1.82, 2.24) is 25.2 Å². The van der Waals surface area contributed by atoms with Crippen molar-refractivity contribution < 1.29 is 13.9 Å². The summed E-state index contributed by atoms with van der Waals surface area (Å²) in [6.07, 6.45) is 0.827. The van der Waals surface area contributed by atoms with Crippen LogP contribution in [0.1, 0.15) is 33.9 Å². The Kier molecular flexibility index (Phi) is 6.48. The second-order valence-corrected chi connectivity index (χ2v) is 9.22. The van der Waals surface area contributed by atoms with Gasteiger partial charge in [-0.05, 0) is 50.1 Å². The molecule has 0 aliphatic carbocycles. The number of benzene rings is 1. The Bertz CT molecular complexity index is 1310. The first-order valence-electron chi connectivity index (χ1n) is 11.9. The molecular weight excluding hydrogens is 451 g/mol. The Morgan fingerprint density at radius 1 is 1.17 bits per heavy atom. The second kappa shape index (κ2) is 9.71. The first kappa shape index (κ1) is 23.4. The summed E-state index contributed by atoms with van der Waals surface area (Å²) in [4.78, 5) is 40.2. The van der Waals surface area contributed by atoms with Gasteiger partial charge in [0, 0.05) is 39.3 Å². The molecule has 0 spiro atoms. The zero-order chi connectivity index (χ0) is 24.5. The van der Waals surface area contributed by atoms with Crippen molar-refractivity contribution in [3.63, 3.8) is 0 Å². The van der Waals surface area contributed by atoms with Crippen molar-refractivity contribution in [2.24, 2.45) is 0 Å². The summed E-state index contributed by atoms with van der Waals surface area (Å²) in [7, 11) is 0. The quantitative estimate of drug-likeness (QED) is 0.575. The first-order chi connectivity index (χ1) is 16.9. The van der Waals surface area contributed by atoms with E-state index in [0.29, 0.717) is 31.0 Å². The minimum absolute atomic E-state index is 0.0501. The molecule has 1 unspecified atom stereocenters. The molecule has 1 amide bonds. The van der Waals surface area contributed by atoms with Gasteiger partial charge in [0.05, 0.1) is 29.5 Å². The van der Waals surface area contributed by atoms with Crippen LogP contribution in [0.15, 0.2) is 29.1 Å². The zero-order valence-corrected chi connectivity index (χ0v) is 19.9. The van der Waals surface area contributed by atoms with Crippen LogP contribution in [-0.4, -0.2) is 71.2 Å². The fraction of sp³-hybridized carbons (Fsp3) is 0.440. The number of halogens is 1. The minimum Gasteiger partial charge on any atom is -0.379 e. The Balaban J connectivity index is 1.21. The molecule has 2 aromatic heterocycles. The van der Waals surface area contributed by atoms with Crippen molar-refractivity contribution in [1.29, 1.82) is 0 Å². The van der Waals surface area contributed by atoms with Crippen LogP contribution >= 0.6 is 0 Å². The first-order valence-corrected chi connectivity index (χ1v) is 11.9. The Labute approximate surface area is 202 Å². The number of nitrogens with one attached hydrogen (secondary N) is 2. The van der Waals surface area contributed by atoms with Gasteiger partial charge in [0.25, 0.3) is 11.5 Å². The van der Waals surface area contributed by atoms with E-state index in [1.807, 2.05) is 13.0 Å². The number of anilines is 1. The number of hydrogen-bond acceptors (Lipinski definition) is 7. The van der Waals surface area contributed by atoms with E-state index in [4.69, 9.17) is 4.74 Å². The number of pyridine rings is 1. The Morgan fingerprint density at radius 3 is 2.69 bits per heavy atom. The highest BCUT2D eigenvalue weighted by atomic mass is 19.1. The summed E-state index contributed by atoms with van der Waals surface area (Å²) in [5.74, 6) is -0.601. The van der Waals surface area contributed by atoms with Crippen LogP contribution < -0.4 is 15.8 Å². The molecule has 184 valence electrons.